The van der Waals surface area contributed by atoms with Gasteiger partial charge >= 0.3 is 0 Å². The van der Waals surface area contributed by atoms with E-state index < -0.39 is 0 Å². The molecule has 0 aliphatic rings. The van der Waals surface area contributed by atoms with E-state index >= 15 is 0 Å². The van der Waals surface area contributed by atoms with Crippen LogP contribution in [0, 0.1) is 13.8 Å². The lowest BCUT2D eigenvalue weighted by molar-refractivity contribution is 0.339. The molecule has 2 heteroatoms. The van der Waals surface area contributed by atoms with Crippen molar-refractivity contribution in [3.05, 3.63) is 28.8 Å². The maximum absolute atomic E-state index is 6.08. The second-order valence-electron chi connectivity index (χ2n) is 3.92. The standard InChI is InChI=1S/C13H21NO/c1-5-12(14)13-9(3)7-11(15-6-2)8-10(13)4/h7-8,12H,5-6,14H2,1-4H3. The molecule has 0 saturated carbocycles. The number of hydrogen-bond acceptors (Lipinski definition) is 2. The summed E-state index contributed by atoms with van der Waals surface area (Å²) in [4.78, 5) is 0. The van der Waals surface area contributed by atoms with Gasteiger partial charge in [0.2, 0.25) is 0 Å². The summed E-state index contributed by atoms with van der Waals surface area (Å²) in [7, 11) is 0. The third-order valence-electron chi connectivity index (χ3n) is 2.69. The Morgan fingerprint density at radius 2 is 1.73 bits per heavy atom. The van der Waals surface area contributed by atoms with Gasteiger partial charge in [0.1, 0.15) is 5.75 Å². The van der Waals surface area contributed by atoms with E-state index in [2.05, 4.69) is 32.9 Å². The van der Waals surface area contributed by atoms with Gasteiger partial charge in [0, 0.05) is 6.04 Å². The van der Waals surface area contributed by atoms with Crippen LogP contribution in [0.25, 0.3) is 0 Å². The highest BCUT2D eigenvalue weighted by Gasteiger charge is 2.11. The van der Waals surface area contributed by atoms with Crippen molar-refractivity contribution in [1.29, 1.82) is 0 Å². The zero-order chi connectivity index (χ0) is 11.4. The quantitative estimate of drug-likeness (QED) is 0.823. The predicted octanol–water partition coefficient (Wildman–Crippen LogP) is 3.11. The number of rotatable bonds is 4. The van der Waals surface area contributed by atoms with Gasteiger partial charge in [-0.15, -0.1) is 0 Å². The summed E-state index contributed by atoms with van der Waals surface area (Å²) >= 11 is 0. The zero-order valence-electron chi connectivity index (χ0n) is 10.1. The van der Waals surface area contributed by atoms with Crippen LogP contribution in [-0.2, 0) is 0 Å². The number of nitrogens with two attached hydrogens (primary N) is 1. The molecule has 0 radical (unpaired) electrons. The van der Waals surface area contributed by atoms with E-state index in [9.17, 15) is 0 Å². The minimum atomic E-state index is 0.140. The van der Waals surface area contributed by atoms with Gasteiger partial charge < -0.3 is 10.5 Å². The summed E-state index contributed by atoms with van der Waals surface area (Å²) in [6.45, 7) is 9.01. The maximum Gasteiger partial charge on any atom is 0.119 e. The van der Waals surface area contributed by atoms with Crippen molar-refractivity contribution >= 4 is 0 Å². The van der Waals surface area contributed by atoms with Gasteiger partial charge in [-0.3, -0.25) is 0 Å². The molecule has 0 aliphatic heterocycles. The van der Waals surface area contributed by atoms with Gasteiger partial charge in [-0.2, -0.15) is 0 Å². The molecule has 0 aliphatic carbocycles. The van der Waals surface area contributed by atoms with Gasteiger partial charge in [0.05, 0.1) is 6.61 Å². The lowest BCUT2D eigenvalue weighted by atomic mass is 9.95. The van der Waals surface area contributed by atoms with Gasteiger partial charge in [0.25, 0.3) is 0 Å². The molecule has 15 heavy (non-hydrogen) atoms. The van der Waals surface area contributed by atoms with Crippen LogP contribution in [0.5, 0.6) is 5.75 Å². The van der Waals surface area contributed by atoms with E-state index in [-0.39, 0.29) is 6.04 Å². The number of aryl methyl sites for hydroxylation is 2. The SMILES string of the molecule is CCOc1cc(C)c(C(N)CC)c(C)c1. The molecule has 0 aromatic heterocycles. The van der Waals surface area contributed by atoms with Crippen molar-refractivity contribution in [2.45, 2.75) is 40.2 Å². The molecule has 0 spiro atoms. The minimum Gasteiger partial charge on any atom is -0.494 e. The first-order valence-electron chi connectivity index (χ1n) is 5.59. The van der Waals surface area contributed by atoms with Gasteiger partial charge in [-0.1, -0.05) is 6.92 Å². The summed E-state index contributed by atoms with van der Waals surface area (Å²) in [5, 5.41) is 0. The second-order valence-corrected chi connectivity index (χ2v) is 3.92. The summed E-state index contributed by atoms with van der Waals surface area (Å²) < 4.78 is 5.50. The molecule has 0 bridgehead atoms. The van der Waals surface area contributed by atoms with Gasteiger partial charge in [-0.05, 0) is 56.0 Å². The van der Waals surface area contributed by atoms with Gasteiger partial charge in [-0.25, -0.2) is 0 Å². The lowest BCUT2D eigenvalue weighted by Crippen LogP contribution is -2.12. The summed E-state index contributed by atoms with van der Waals surface area (Å²) in [5.41, 5.74) is 9.80. The van der Waals surface area contributed by atoms with Crippen LogP contribution in [0.4, 0.5) is 0 Å². The largest absolute Gasteiger partial charge is 0.494 e. The number of ether oxygens (including phenoxy) is 1. The van der Waals surface area contributed by atoms with Crippen molar-refractivity contribution < 1.29 is 4.74 Å². The Labute approximate surface area is 92.4 Å². The molecule has 1 unspecified atom stereocenters. The first kappa shape index (κ1) is 12.1. The Bertz CT molecular complexity index is 310. The summed E-state index contributed by atoms with van der Waals surface area (Å²) in [6.07, 6.45) is 0.968. The van der Waals surface area contributed by atoms with E-state index in [0.29, 0.717) is 6.61 Å². The Morgan fingerprint density at radius 3 is 2.13 bits per heavy atom. The third-order valence-corrected chi connectivity index (χ3v) is 2.69. The summed E-state index contributed by atoms with van der Waals surface area (Å²) in [5.74, 6) is 0.944. The molecule has 84 valence electrons. The van der Waals surface area contributed by atoms with E-state index in [0.717, 1.165) is 12.2 Å². The van der Waals surface area contributed by atoms with Crippen molar-refractivity contribution in [2.75, 3.05) is 6.61 Å². The Kier molecular flexibility index (Phi) is 4.15. The first-order valence-corrected chi connectivity index (χ1v) is 5.59. The fourth-order valence-electron chi connectivity index (χ4n) is 1.97. The molecule has 0 fully saturated rings. The fourth-order valence-corrected chi connectivity index (χ4v) is 1.97. The highest BCUT2D eigenvalue weighted by Crippen LogP contribution is 2.27. The zero-order valence-corrected chi connectivity index (χ0v) is 10.1. The molecule has 0 saturated heterocycles. The average Bonchev–Trinajstić information content (AvgIpc) is 2.16. The van der Waals surface area contributed by atoms with E-state index in [1.165, 1.54) is 16.7 Å². The molecular formula is C13H21NO. The molecule has 0 heterocycles. The van der Waals surface area contributed by atoms with Crippen LogP contribution >= 0.6 is 0 Å². The normalized spacial score (nSPS) is 12.6. The maximum atomic E-state index is 6.08. The van der Waals surface area contributed by atoms with Crippen LogP contribution in [-0.4, -0.2) is 6.61 Å². The lowest BCUT2D eigenvalue weighted by Gasteiger charge is -2.17. The van der Waals surface area contributed by atoms with E-state index in [1.807, 2.05) is 6.92 Å². The van der Waals surface area contributed by atoms with Crippen LogP contribution in [0.1, 0.15) is 43.0 Å². The monoisotopic (exact) mass is 207 g/mol. The number of hydrogen-bond donors (Lipinski definition) is 1. The van der Waals surface area contributed by atoms with Crippen LogP contribution < -0.4 is 10.5 Å². The highest BCUT2D eigenvalue weighted by atomic mass is 16.5. The Balaban J connectivity index is 3.09. The van der Waals surface area contributed by atoms with Crippen LogP contribution in [0.2, 0.25) is 0 Å². The third kappa shape index (κ3) is 2.72. The molecule has 1 aromatic carbocycles. The van der Waals surface area contributed by atoms with E-state index in [1.54, 1.807) is 0 Å². The van der Waals surface area contributed by atoms with Crippen LogP contribution in [0.3, 0.4) is 0 Å². The van der Waals surface area contributed by atoms with Crippen molar-refractivity contribution in [3.63, 3.8) is 0 Å². The molecule has 1 atom stereocenters. The Hall–Kier alpha value is -1.02. The fraction of sp³-hybridized carbons (Fsp3) is 0.538. The van der Waals surface area contributed by atoms with Crippen LogP contribution in [0.15, 0.2) is 12.1 Å². The summed E-state index contributed by atoms with van der Waals surface area (Å²) in [6, 6.07) is 4.28. The van der Waals surface area contributed by atoms with Crippen molar-refractivity contribution in [3.8, 4) is 5.75 Å². The molecule has 1 aromatic rings. The predicted molar refractivity (Wildman–Crippen MR) is 64.3 cm³/mol. The van der Waals surface area contributed by atoms with Crippen molar-refractivity contribution in [2.24, 2.45) is 5.73 Å². The number of benzene rings is 1. The topological polar surface area (TPSA) is 35.2 Å². The Morgan fingerprint density at radius 1 is 1.20 bits per heavy atom. The molecule has 0 amide bonds. The van der Waals surface area contributed by atoms with Crippen molar-refractivity contribution in [1.82, 2.24) is 0 Å². The van der Waals surface area contributed by atoms with Gasteiger partial charge in [0.15, 0.2) is 0 Å². The average molecular weight is 207 g/mol. The molecular weight excluding hydrogens is 186 g/mol. The molecule has 2 nitrogen and oxygen atoms in total. The minimum absolute atomic E-state index is 0.140. The molecule has 1 rings (SSSR count). The highest BCUT2D eigenvalue weighted by molar-refractivity contribution is 5.42. The second kappa shape index (κ2) is 5.17. The van der Waals surface area contributed by atoms with E-state index in [4.69, 9.17) is 10.5 Å². The smallest absolute Gasteiger partial charge is 0.119 e. The first-order chi connectivity index (χ1) is 7.10. The molecule has 2 N–H and O–H groups in total.